The highest BCUT2D eigenvalue weighted by molar-refractivity contribution is 7.98. The lowest BCUT2D eigenvalue weighted by Gasteiger charge is -2.12. The summed E-state index contributed by atoms with van der Waals surface area (Å²) in [4.78, 5) is 21.3. The van der Waals surface area contributed by atoms with Gasteiger partial charge in [0.1, 0.15) is 0 Å². The fourth-order valence-electron chi connectivity index (χ4n) is 0.726. The lowest BCUT2D eigenvalue weighted by Crippen LogP contribution is -2.45. The van der Waals surface area contributed by atoms with Gasteiger partial charge in [-0.2, -0.15) is 11.8 Å². The largest absolute Gasteiger partial charge is 0.345 e. The zero-order valence-electron chi connectivity index (χ0n) is 7.87. The number of nitrogens with two attached hydrogens (primary N) is 1. The molecular weight excluding hydrogens is 188 g/mol. The lowest BCUT2D eigenvalue weighted by molar-refractivity contribution is -0.122. The van der Waals surface area contributed by atoms with Gasteiger partial charge in [-0.15, -0.1) is 0 Å². The van der Waals surface area contributed by atoms with Gasteiger partial charge in [-0.3, -0.25) is 9.59 Å². The molecule has 13 heavy (non-hydrogen) atoms. The highest BCUT2D eigenvalue weighted by Gasteiger charge is 2.14. The molecule has 0 saturated heterocycles. The van der Waals surface area contributed by atoms with Crippen molar-refractivity contribution in [1.29, 1.82) is 0 Å². The molecule has 0 aromatic heterocycles. The molecule has 0 rings (SSSR count). The van der Waals surface area contributed by atoms with Crippen molar-refractivity contribution < 1.29 is 9.59 Å². The van der Waals surface area contributed by atoms with E-state index < -0.39 is 12.1 Å². The van der Waals surface area contributed by atoms with E-state index in [4.69, 9.17) is 5.73 Å². The van der Waals surface area contributed by atoms with Crippen LogP contribution in [0.3, 0.4) is 0 Å². The molecule has 3 N–H and O–H groups in total. The molecule has 0 bridgehead atoms. The summed E-state index contributed by atoms with van der Waals surface area (Å²) in [6.45, 7) is 1.56. The maximum atomic E-state index is 11.2. The molecule has 0 unspecified atom stereocenters. The highest BCUT2D eigenvalue weighted by atomic mass is 32.2. The first kappa shape index (κ1) is 12.4. The topological polar surface area (TPSA) is 72.2 Å². The van der Waals surface area contributed by atoms with Crippen LogP contribution in [-0.2, 0) is 9.59 Å². The van der Waals surface area contributed by atoms with Crippen molar-refractivity contribution >= 4 is 24.0 Å². The first-order valence-electron chi connectivity index (χ1n) is 4.04. The van der Waals surface area contributed by atoms with Crippen LogP contribution in [0, 0.1) is 0 Å². The van der Waals surface area contributed by atoms with Gasteiger partial charge in [-0.1, -0.05) is 0 Å². The van der Waals surface area contributed by atoms with Crippen molar-refractivity contribution in [3.05, 3.63) is 0 Å². The molecule has 75 valence electrons. The van der Waals surface area contributed by atoms with E-state index in [0.717, 1.165) is 5.75 Å². The number of carbonyl (C=O) groups is 1. The van der Waals surface area contributed by atoms with E-state index in [1.54, 1.807) is 25.0 Å². The molecule has 1 radical (unpaired) electrons. The highest BCUT2D eigenvalue weighted by Crippen LogP contribution is 1.98. The monoisotopic (exact) mass is 203 g/mol. The molecule has 0 aliphatic heterocycles. The summed E-state index contributed by atoms with van der Waals surface area (Å²) in [5, 5.41) is 2.44. The molecule has 0 aromatic carbocycles. The summed E-state index contributed by atoms with van der Waals surface area (Å²) in [5.41, 5.74) is 5.55. The second-order valence-corrected chi connectivity index (χ2v) is 3.72. The Morgan fingerprint density at radius 1 is 1.69 bits per heavy atom. The molecule has 4 nitrogen and oxygen atoms in total. The minimum atomic E-state index is -0.576. The van der Waals surface area contributed by atoms with Crippen molar-refractivity contribution in [2.75, 3.05) is 12.0 Å². The molecule has 0 spiro atoms. The van der Waals surface area contributed by atoms with Crippen molar-refractivity contribution in [2.24, 2.45) is 5.73 Å². The van der Waals surface area contributed by atoms with Crippen LogP contribution < -0.4 is 11.1 Å². The second-order valence-electron chi connectivity index (χ2n) is 2.74. The Hall–Kier alpha value is -0.550. The number of nitrogens with one attached hydrogen (secondary N) is 1. The van der Waals surface area contributed by atoms with E-state index in [1.807, 2.05) is 6.26 Å². The predicted octanol–water partition coefficient (Wildman–Crippen LogP) is -0.319. The van der Waals surface area contributed by atoms with Crippen molar-refractivity contribution in [1.82, 2.24) is 5.32 Å². The first-order chi connectivity index (χ1) is 6.11. The standard InChI is InChI=1S/C8H15N2O2S/c1-6(5-11)10-8(12)7(9)3-4-13-2/h6-7H,3-4,9H2,1-2H3,(H,10,12)/t6-,7-/m0/s1. The SMILES string of the molecule is CSCC[C@H](N)C(=O)N[C@@H](C)[C]=O. The van der Waals surface area contributed by atoms with Crippen molar-refractivity contribution in [3.63, 3.8) is 0 Å². The Kier molecular flexibility index (Phi) is 6.62. The van der Waals surface area contributed by atoms with Gasteiger partial charge in [0.2, 0.25) is 12.2 Å². The number of carbonyl (C=O) groups excluding carboxylic acids is 2. The maximum Gasteiger partial charge on any atom is 0.237 e. The molecule has 5 heteroatoms. The van der Waals surface area contributed by atoms with Gasteiger partial charge in [-0.05, 0) is 25.4 Å². The fraction of sp³-hybridized carbons (Fsp3) is 0.750. The summed E-state index contributed by atoms with van der Waals surface area (Å²) in [7, 11) is 0. The Balaban J connectivity index is 3.75. The zero-order valence-corrected chi connectivity index (χ0v) is 8.69. The van der Waals surface area contributed by atoms with E-state index in [9.17, 15) is 9.59 Å². The molecule has 0 aliphatic rings. The summed E-state index contributed by atoms with van der Waals surface area (Å²) < 4.78 is 0. The van der Waals surface area contributed by atoms with Gasteiger partial charge >= 0.3 is 0 Å². The number of hydrogen-bond donors (Lipinski definition) is 2. The third-order valence-electron chi connectivity index (χ3n) is 1.51. The fourth-order valence-corrected chi connectivity index (χ4v) is 1.22. The predicted molar refractivity (Wildman–Crippen MR) is 54.3 cm³/mol. The lowest BCUT2D eigenvalue weighted by atomic mass is 10.2. The molecule has 0 heterocycles. The van der Waals surface area contributed by atoms with Crippen LogP contribution in [0.1, 0.15) is 13.3 Å². The average Bonchev–Trinajstić information content (AvgIpc) is 2.13. The van der Waals surface area contributed by atoms with Gasteiger partial charge in [0.25, 0.3) is 0 Å². The summed E-state index contributed by atoms with van der Waals surface area (Å²) >= 11 is 1.63. The first-order valence-corrected chi connectivity index (χ1v) is 5.43. The van der Waals surface area contributed by atoms with Gasteiger partial charge < -0.3 is 11.1 Å². The third kappa shape index (κ3) is 5.65. The van der Waals surface area contributed by atoms with E-state index >= 15 is 0 Å². The molecule has 0 fully saturated rings. The van der Waals surface area contributed by atoms with Gasteiger partial charge in [0.15, 0.2) is 0 Å². The average molecular weight is 203 g/mol. The minimum Gasteiger partial charge on any atom is -0.345 e. The Labute approximate surface area is 82.6 Å². The van der Waals surface area contributed by atoms with Crippen LogP contribution in [0.5, 0.6) is 0 Å². The third-order valence-corrected chi connectivity index (χ3v) is 2.15. The van der Waals surface area contributed by atoms with Crippen LogP contribution >= 0.6 is 11.8 Å². The van der Waals surface area contributed by atoms with Crippen LogP contribution in [0.4, 0.5) is 0 Å². The summed E-state index contributed by atoms with van der Waals surface area (Å²) in [6, 6.07) is -1.10. The Bertz CT molecular complexity index is 176. The van der Waals surface area contributed by atoms with Gasteiger partial charge in [0, 0.05) is 0 Å². The molecule has 0 saturated carbocycles. The quantitative estimate of drug-likeness (QED) is 0.620. The van der Waals surface area contributed by atoms with E-state index in [0.29, 0.717) is 6.42 Å². The van der Waals surface area contributed by atoms with Gasteiger partial charge in [-0.25, -0.2) is 0 Å². The van der Waals surface area contributed by atoms with Crippen LogP contribution in [0.15, 0.2) is 0 Å². The molecule has 2 atom stereocenters. The Morgan fingerprint density at radius 2 is 2.31 bits per heavy atom. The van der Waals surface area contributed by atoms with E-state index in [-0.39, 0.29) is 5.91 Å². The summed E-state index contributed by atoms with van der Waals surface area (Å²) in [5.74, 6) is 0.554. The smallest absolute Gasteiger partial charge is 0.237 e. The second kappa shape index (κ2) is 6.91. The van der Waals surface area contributed by atoms with Crippen LogP contribution in [0.2, 0.25) is 0 Å². The van der Waals surface area contributed by atoms with Crippen molar-refractivity contribution in [2.45, 2.75) is 25.4 Å². The van der Waals surface area contributed by atoms with Crippen molar-refractivity contribution in [3.8, 4) is 0 Å². The van der Waals surface area contributed by atoms with E-state index in [1.165, 1.54) is 0 Å². The maximum absolute atomic E-state index is 11.2. The van der Waals surface area contributed by atoms with Crippen LogP contribution in [0.25, 0.3) is 0 Å². The number of amides is 1. The minimum absolute atomic E-state index is 0.287. The molecular formula is C8H15N2O2S. The van der Waals surface area contributed by atoms with E-state index in [2.05, 4.69) is 5.32 Å². The number of rotatable bonds is 6. The normalized spacial score (nSPS) is 14.7. The molecule has 0 aromatic rings. The zero-order chi connectivity index (χ0) is 10.3. The number of thioether (sulfide) groups is 1. The Morgan fingerprint density at radius 3 is 2.77 bits per heavy atom. The van der Waals surface area contributed by atoms with Crippen LogP contribution in [-0.4, -0.2) is 36.3 Å². The van der Waals surface area contributed by atoms with Gasteiger partial charge in [0.05, 0.1) is 12.1 Å². The molecule has 0 aliphatic carbocycles. The summed E-state index contributed by atoms with van der Waals surface area (Å²) in [6.07, 6.45) is 4.24. The molecule has 1 amide bonds. The number of hydrogen-bond acceptors (Lipinski definition) is 4.